The van der Waals surface area contributed by atoms with E-state index in [1.165, 1.54) is 46.3 Å². The second kappa shape index (κ2) is 9.25. The van der Waals surface area contributed by atoms with Crippen molar-refractivity contribution in [2.45, 2.75) is 58.3 Å². The van der Waals surface area contributed by atoms with Gasteiger partial charge in [0.25, 0.3) is 0 Å². The van der Waals surface area contributed by atoms with Crippen molar-refractivity contribution in [2.24, 2.45) is 0 Å². The van der Waals surface area contributed by atoms with Crippen molar-refractivity contribution in [3.63, 3.8) is 0 Å². The van der Waals surface area contributed by atoms with E-state index >= 15 is 0 Å². The second-order valence-corrected chi connectivity index (χ2v) is 10.7. The fourth-order valence-electron chi connectivity index (χ4n) is 4.76. The molecule has 1 amide bonds. The summed E-state index contributed by atoms with van der Waals surface area (Å²) in [6.07, 6.45) is 8.70. The third kappa shape index (κ3) is 4.35. The molecule has 7 heteroatoms. The zero-order chi connectivity index (χ0) is 21.2. The van der Waals surface area contributed by atoms with Crippen LogP contribution < -0.4 is 4.90 Å². The van der Waals surface area contributed by atoms with Crippen molar-refractivity contribution >= 4 is 44.6 Å². The summed E-state index contributed by atoms with van der Waals surface area (Å²) in [7, 11) is 0. The van der Waals surface area contributed by atoms with Gasteiger partial charge in [-0.1, -0.05) is 19.4 Å². The molecule has 0 bridgehead atoms. The highest BCUT2D eigenvalue weighted by atomic mass is 32.1. The Labute approximate surface area is 192 Å². The Morgan fingerprint density at radius 3 is 2.71 bits per heavy atom. The first-order chi connectivity index (χ1) is 15.2. The maximum atomic E-state index is 12.7. The second-order valence-electron chi connectivity index (χ2n) is 8.58. The predicted octanol–water partition coefficient (Wildman–Crippen LogP) is 4.87. The Morgan fingerprint density at radius 2 is 1.94 bits per heavy atom. The maximum Gasteiger partial charge on any atom is 0.227 e. The van der Waals surface area contributed by atoms with Crippen LogP contribution in [0.5, 0.6) is 0 Å². The number of nitrogens with zero attached hydrogens (tertiary/aromatic N) is 4. The number of hydrogen-bond acceptors (Lipinski definition) is 6. The maximum absolute atomic E-state index is 12.7. The molecule has 0 unspecified atom stereocenters. The van der Waals surface area contributed by atoms with Crippen molar-refractivity contribution in [2.75, 3.05) is 31.1 Å². The monoisotopic (exact) mass is 454 g/mol. The lowest BCUT2D eigenvalue weighted by molar-refractivity contribution is -0.130. The molecule has 0 radical (unpaired) electrons. The smallest absolute Gasteiger partial charge is 0.227 e. The van der Waals surface area contributed by atoms with E-state index in [-0.39, 0.29) is 5.91 Å². The van der Waals surface area contributed by atoms with Gasteiger partial charge >= 0.3 is 0 Å². The molecule has 1 aliphatic carbocycles. The molecule has 1 saturated heterocycles. The summed E-state index contributed by atoms with van der Waals surface area (Å²) in [6, 6.07) is 4.07. The summed E-state index contributed by atoms with van der Waals surface area (Å²) >= 11 is 3.56. The van der Waals surface area contributed by atoms with E-state index in [4.69, 9.17) is 9.97 Å². The summed E-state index contributed by atoms with van der Waals surface area (Å²) < 4.78 is 0. The minimum atomic E-state index is 0.242. The number of aryl methyl sites for hydroxylation is 3. The molecule has 2 aliphatic rings. The summed E-state index contributed by atoms with van der Waals surface area (Å²) in [5.74, 6) is 2.34. The van der Waals surface area contributed by atoms with Gasteiger partial charge in [0.2, 0.25) is 5.91 Å². The van der Waals surface area contributed by atoms with Gasteiger partial charge in [-0.15, -0.1) is 22.7 Å². The molecule has 3 aromatic heterocycles. The van der Waals surface area contributed by atoms with Crippen LogP contribution in [0.15, 0.2) is 17.5 Å². The molecule has 0 N–H and O–H groups in total. The molecule has 31 heavy (non-hydrogen) atoms. The molecule has 0 saturated carbocycles. The normalized spacial score (nSPS) is 17.1. The van der Waals surface area contributed by atoms with Crippen molar-refractivity contribution < 1.29 is 4.79 Å². The van der Waals surface area contributed by atoms with Gasteiger partial charge in [0.05, 0.1) is 11.8 Å². The first kappa shape index (κ1) is 20.9. The quantitative estimate of drug-likeness (QED) is 0.516. The number of carbonyl (C=O) groups excluding carboxylic acids is 1. The highest BCUT2D eigenvalue weighted by Gasteiger charge is 2.27. The molecule has 0 aromatic carbocycles. The minimum Gasteiger partial charge on any atom is -0.352 e. The third-order valence-electron chi connectivity index (χ3n) is 6.40. The lowest BCUT2D eigenvalue weighted by Crippen LogP contribution is -2.49. The zero-order valence-corrected chi connectivity index (χ0v) is 19.9. The van der Waals surface area contributed by atoms with E-state index in [1.807, 2.05) is 33.7 Å². The average molecular weight is 455 g/mol. The number of amides is 1. The molecule has 164 valence electrons. The van der Waals surface area contributed by atoms with Gasteiger partial charge in [0, 0.05) is 42.4 Å². The molecule has 5 nitrogen and oxygen atoms in total. The van der Waals surface area contributed by atoms with Crippen LogP contribution >= 0.6 is 22.7 Å². The Hall–Kier alpha value is -1.99. The number of anilines is 1. The first-order valence-electron chi connectivity index (χ1n) is 11.6. The lowest BCUT2D eigenvalue weighted by atomic mass is 10.1. The molecule has 0 spiro atoms. The van der Waals surface area contributed by atoms with Crippen LogP contribution in [-0.4, -0.2) is 47.0 Å². The molecule has 3 aromatic rings. The molecule has 4 heterocycles. The highest BCUT2D eigenvalue weighted by Crippen LogP contribution is 2.39. The fourth-order valence-corrected chi connectivity index (χ4v) is 6.73. The summed E-state index contributed by atoms with van der Waals surface area (Å²) in [6.45, 7) is 5.42. The standard InChI is InChI=1S/C24H30N4OS2/c1-2-7-20-25-23(22-18-9-4-3-5-10-19(18)31-24(22)26-20)28-13-11-27(12-14-28)21(29)16-17-8-6-15-30-17/h6,8,15H,2-5,7,9-14,16H2,1H3. The van der Waals surface area contributed by atoms with E-state index in [0.717, 1.165) is 62.0 Å². The van der Waals surface area contributed by atoms with Crippen LogP contribution in [0.4, 0.5) is 5.82 Å². The Balaban J connectivity index is 1.40. The van der Waals surface area contributed by atoms with E-state index in [1.54, 1.807) is 11.3 Å². The summed E-state index contributed by atoms with van der Waals surface area (Å²) in [5.41, 5.74) is 1.51. The van der Waals surface area contributed by atoms with Gasteiger partial charge in [0.15, 0.2) is 0 Å². The van der Waals surface area contributed by atoms with Crippen molar-refractivity contribution in [1.29, 1.82) is 0 Å². The van der Waals surface area contributed by atoms with Crippen LogP contribution in [0, 0.1) is 0 Å². The molecule has 5 rings (SSSR count). The number of thiophene rings is 2. The van der Waals surface area contributed by atoms with Crippen LogP contribution in [0.1, 0.15) is 53.7 Å². The van der Waals surface area contributed by atoms with E-state index < -0.39 is 0 Å². The Kier molecular flexibility index (Phi) is 6.23. The third-order valence-corrected chi connectivity index (χ3v) is 8.47. The predicted molar refractivity (Wildman–Crippen MR) is 129 cm³/mol. The molecule has 0 atom stereocenters. The summed E-state index contributed by atoms with van der Waals surface area (Å²) in [4.78, 5) is 31.1. The largest absolute Gasteiger partial charge is 0.352 e. The van der Waals surface area contributed by atoms with Gasteiger partial charge in [-0.3, -0.25) is 4.79 Å². The average Bonchev–Trinajstić information content (AvgIpc) is 3.35. The van der Waals surface area contributed by atoms with Gasteiger partial charge < -0.3 is 9.80 Å². The lowest BCUT2D eigenvalue weighted by Gasteiger charge is -2.36. The SMILES string of the molecule is CCCc1nc(N2CCN(C(=O)Cc3cccs3)CC2)c2c3c(sc2n1)CCCCC3. The highest BCUT2D eigenvalue weighted by molar-refractivity contribution is 7.19. The molecule has 1 aliphatic heterocycles. The number of hydrogen-bond donors (Lipinski definition) is 0. The minimum absolute atomic E-state index is 0.242. The van der Waals surface area contributed by atoms with Crippen molar-refractivity contribution in [1.82, 2.24) is 14.9 Å². The molecular formula is C24H30N4OS2. The van der Waals surface area contributed by atoms with Gasteiger partial charge in [0.1, 0.15) is 16.5 Å². The van der Waals surface area contributed by atoms with Crippen molar-refractivity contribution in [3.05, 3.63) is 38.7 Å². The first-order valence-corrected chi connectivity index (χ1v) is 13.3. The van der Waals surface area contributed by atoms with E-state index in [2.05, 4.69) is 11.8 Å². The van der Waals surface area contributed by atoms with Crippen LogP contribution in [0.2, 0.25) is 0 Å². The number of fused-ring (bicyclic) bond motifs is 3. The number of carbonyl (C=O) groups is 1. The Bertz CT molecular complexity index is 1050. The fraction of sp³-hybridized carbons (Fsp3) is 0.542. The number of aromatic nitrogens is 2. The molecule has 1 fully saturated rings. The Morgan fingerprint density at radius 1 is 1.10 bits per heavy atom. The van der Waals surface area contributed by atoms with E-state index in [0.29, 0.717) is 6.42 Å². The zero-order valence-electron chi connectivity index (χ0n) is 18.2. The number of rotatable bonds is 5. The van der Waals surface area contributed by atoms with E-state index in [9.17, 15) is 4.79 Å². The van der Waals surface area contributed by atoms with Crippen LogP contribution in [0.3, 0.4) is 0 Å². The van der Waals surface area contributed by atoms with Gasteiger partial charge in [-0.05, 0) is 49.1 Å². The van der Waals surface area contributed by atoms with Crippen LogP contribution in [0.25, 0.3) is 10.2 Å². The van der Waals surface area contributed by atoms with Gasteiger partial charge in [-0.25, -0.2) is 9.97 Å². The van der Waals surface area contributed by atoms with Crippen molar-refractivity contribution in [3.8, 4) is 0 Å². The number of piperazine rings is 1. The summed E-state index contributed by atoms with van der Waals surface area (Å²) in [5, 5.41) is 3.35. The van der Waals surface area contributed by atoms with Crippen LogP contribution in [-0.2, 0) is 30.5 Å². The topological polar surface area (TPSA) is 49.3 Å². The molecular weight excluding hydrogens is 424 g/mol. The van der Waals surface area contributed by atoms with Gasteiger partial charge in [-0.2, -0.15) is 0 Å².